The topological polar surface area (TPSA) is 113 Å². The summed E-state index contributed by atoms with van der Waals surface area (Å²) in [6.07, 6.45) is -0.411. The van der Waals surface area contributed by atoms with Crippen molar-refractivity contribution in [3.63, 3.8) is 0 Å². The number of rotatable bonds is 10. The molecule has 1 aromatic heterocycles. The maximum atomic E-state index is 12.5. The van der Waals surface area contributed by atoms with E-state index in [1.807, 2.05) is 108 Å². The monoisotopic (exact) mass is 615 g/mol. The predicted molar refractivity (Wildman–Crippen MR) is 171 cm³/mol. The zero-order valence-electron chi connectivity index (χ0n) is 26.9. The van der Waals surface area contributed by atoms with E-state index in [0.717, 1.165) is 33.2 Å². The Morgan fingerprint density at radius 3 is 2.24 bits per heavy atom. The van der Waals surface area contributed by atoms with Crippen LogP contribution in [0.1, 0.15) is 70.9 Å². The number of para-hydroxylation sites is 1. The molecular formula is C36H41NO8. The molecule has 238 valence electrons. The second kappa shape index (κ2) is 13.9. The lowest BCUT2D eigenvalue weighted by Crippen LogP contribution is -2.32. The second-order valence-electron chi connectivity index (χ2n) is 12.8. The highest BCUT2D eigenvalue weighted by Gasteiger charge is 2.19. The third kappa shape index (κ3) is 10.1. The van der Waals surface area contributed by atoms with E-state index in [0.29, 0.717) is 17.1 Å². The Hall–Kier alpha value is -4.79. The fourth-order valence-corrected chi connectivity index (χ4v) is 4.63. The van der Waals surface area contributed by atoms with Gasteiger partial charge < -0.3 is 28.7 Å². The van der Waals surface area contributed by atoms with Crippen LogP contribution in [0.25, 0.3) is 22.1 Å². The fourth-order valence-electron chi connectivity index (χ4n) is 4.63. The Balaban J connectivity index is 1.62. The average molecular weight is 616 g/mol. The summed E-state index contributed by atoms with van der Waals surface area (Å²) in [4.78, 5) is 36.2. The Bertz CT molecular complexity index is 1670. The van der Waals surface area contributed by atoms with E-state index in [1.165, 1.54) is 6.92 Å². The molecule has 1 amide bonds. The number of carbonyl (C=O) groups excluding carboxylic acids is 3. The van der Waals surface area contributed by atoms with Crippen molar-refractivity contribution in [3.8, 4) is 16.9 Å². The van der Waals surface area contributed by atoms with Gasteiger partial charge >= 0.3 is 18.0 Å². The number of furan rings is 1. The summed E-state index contributed by atoms with van der Waals surface area (Å²) in [5.74, 6) is 0.356. The number of ether oxygens (including phenoxy) is 4. The highest BCUT2D eigenvalue weighted by Crippen LogP contribution is 2.34. The zero-order valence-corrected chi connectivity index (χ0v) is 26.9. The Morgan fingerprint density at radius 2 is 1.53 bits per heavy atom. The molecule has 45 heavy (non-hydrogen) atoms. The summed E-state index contributed by atoms with van der Waals surface area (Å²) in [5.41, 5.74) is 3.58. The number of esters is 2. The van der Waals surface area contributed by atoms with Crippen molar-refractivity contribution in [1.29, 1.82) is 0 Å². The van der Waals surface area contributed by atoms with Gasteiger partial charge in [0.2, 0.25) is 0 Å². The Kier molecular flexibility index (Phi) is 10.2. The maximum absolute atomic E-state index is 12.5. The number of nitrogens with one attached hydrogen (secondary N) is 1. The third-order valence-corrected chi connectivity index (χ3v) is 6.34. The molecule has 0 atom stereocenters. The molecule has 0 fully saturated rings. The van der Waals surface area contributed by atoms with Gasteiger partial charge in [-0.05, 0) is 88.6 Å². The minimum Gasteiger partial charge on any atom is -0.489 e. The summed E-state index contributed by atoms with van der Waals surface area (Å²) in [5, 5.41) is 3.61. The molecule has 0 unspecified atom stereocenters. The van der Waals surface area contributed by atoms with Gasteiger partial charge in [-0.3, -0.25) is 9.59 Å². The largest absolute Gasteiger partial charge is 0.489 e. The molecule has 1 heterocycles. The summed E-state index contributed by atoms with van der Waals surface area (Å²) >= 11 is 0. The molecule has 0 bridgehead atoms. The lowest BCUT2D eigenvalue weighted by Gasteiger charge is -2.20. The average Bonchev–Trinajstić information content (AvgIpc) is 3.35. The van der Waals surface area contributed by atoms with E-state index in [4.69, 9.17) is 23.4 Å². The summed E-state index contributed by atoms with van der Waals surface area (Å²) in [7, 11) is 0. The van der Waals surface area contributed by atoms with Gasteiger partial charge in [0.1, 0.15) is 41.5 Å². The lowest BCUT2D eigenvalue weighted by atomic mass is 9.99. The molecule has 1 N–H and O–H groups in total. The number of fused-ring (bicyclic) bond motifs is 1. The molecule has 0 saturated carbocycles. The van der Waals surface area contributed by atoms with Gasteiger partial charge in [-0.15, -0.1) is 0 Å². The third-order valence-electron chi connectivity index (χ3n) is 6.34. The minimum atomic E-state index is -0.598. The van der Waals surface area contributed by atoms with Crippen molar-refractivity contribution in [2.24, 2.45) is 0 Å². The van der Waals surface area contributed by atoms with E-state index < -0.39 is 23.3 Å². The van der Waals surface area contributed by atoms with E-state index in [9.17, 15) is 14.4 Å². The summed E-state index contributed by atoms with van der Waals surface area (Å²) in [6, 6.07) is 20.9. The first-order valence-electron chi connectivity index (χ1n) is 14.8. The maximum Gasteiger partial charge on any atom is 0.407 e. The van der Waals surface area contributed by atoms with E-state index in [1.54, 1.807) is 0 Å². The summed E-state index contributed by atoms with van der Waals surface area (Å²) in [6.45, 7) is 12.8. The van der Waals surface area contributed by atoms with Crippen LogP contribution in [-0.4, -0.2) is 29.2 Å². The van der Waals surface area contributed by atoms with Crippen molar-refractivity contribution >= 4 is 29.0 Å². The van der Waals surface area contributed by atoms with Crippen LogP contribution < -0.4 is 10.1 Å². The molecule has 0 spiro atoms. The van der Waals surface area contributed by atoms with Gasteiger partial charge in [0.15, 0.2) is 0 Å². The standard InChI is InChI=1S/C36H41NO8/c1-23(38)41-22-29-18-28-16-25(21-42-31-14-9-8-12-27(31)19-32(39)44-35(2,3)4)17-30(33(28)43-29)26-13-10-11-24(15-26)20-37-34(40)45-36(5,6)7/h8-18H,19-22H2,1-7H3,(H,37,40). The van der Waals surface area contributed by atoms with Gasteiger partial charge in [-0.2, -0.15) is 0 Å². The number of benzene rings is 3. The number of amides is 1. The van der Waals surface area contributed by atoms with Gasteiger partial charge in [-0.1, -0.05) is 36.4 Å². The minimum absolute atomic E-state index is 0.00712. The van der Waals surface area contributed by atoms with E-state index in [-0.39, 0.29) is 32.1 Å². The van der Waals surface area contributed by atoms with Crippen LogP contribution >= 0.6 is 0 Å². The first kappa shape index (κ1) is 33.1. The fraction of sp³-hybridized carbons (Fsp3) is 0.361. The molecule has 0 radical (unpaired) electrons. The molecule has 3 aromatic carbocycles. The smallest absolute Gasteiger partial charge is 0.407 e. The molecular weight excluding hydrogens is 574 g/mol. The number of carbonyl (C=O) groups is 3. The normalized spacial score (nSPS) is 11.6. The number of hydrogen-bond acceptors (Lipinski definition) is 8. The van der Waals surface area contributed by atoms with E-state index in [2.05, 4.69) is 5.32 Å². The first-order chi connectivity index (χ1) is 21.1. The van der Waals surface area contributed by atoms with Crippen molar-refractivity contribution in [1.82, 2.24) is 5.32 Å². The van der Waals surface area contributed by atoms with Gasteiger partial charge in [0.05, 0.1) is 6.42 Å². The molecule has 0 saturated heterocycles. The molecule has 9 nitrogen and oxygen atoms in total. The molecule has 0 aliphatic rings. The van der Waals surface area contributed by atoms with Crippen LogP contribution in [0.4, 0.5) is 4.79 Å². The van der Waals surface area contributed by atoms with Crippen LogP contribution in [0.3, 0.4) is 0 Å². The molecule has 4 rings (SSSR count). The first-order valence-corrected chi connectivity index (χ1v) is 14.8. The van der Waals surface area contributed by atoms with E-state index >= 15 is 0 Å². The highest BCUT2D eigenvalue weighted by molar-refractivity contribution is 5.93. The molecule has 4 aromatic rings. The van der Waals surface area contributed by atoms with Gasteiger partial charge in [0.25, 0.3) is 0 Å². The number of hydrogen-bond donors (Lipinski definition) is 1. The number of alkyl carbamates (subject to hydrolysis) is 1. The lowest BCUT2D eigenvalue weighted by molar-refractivity contribution is -0.154. The zero-order chi connectivity index (χ0) is 32.8. The highest BCUT2D eigenvalue weighted by atomic mass is 16.6. The van der Waals surface area contributed by atoms with Crippen LogP contribution in [0.5, 0.6) is 5.75 Å². The second-order valence-corrected chi connectivity index (χ2v) is 12.8. The predicted octanol–water partition coefficient (Wildman–Crippen LogP) is 7.65. The van der Waals surface area contributed by atoms with Crippen molar-refractivity contribution in [2.75, 3.05) is 0 Å². The SMILES string of the molecule is CC(=O)OCc1cc2cc(COc3ccccc3CC(=O)OC(C)(C)C)cc(-c3cccc(CNC(=O)OC(C)(C)C)c3)c2o1. The van der Waals surface area contributed by atoms with Crippen LogP contribution in [-0.2, 0) is 50.0 Å². The molecule has 0 aliphatic heterocycles. The van der Waals surface area contributed by atoms with Crippen LogP contribution in [0.15, 0.2) is 71.1 Å². The Labute approximate surface area is 263 Å². The Morgan fingerprint density at radius 1 is 0.800 bits per heavy atom. The summed E-state index contributed by atoms with van der Waals surface area (Å²) < 4.78 is 28.4. The van der Waals surface area contributed by atoms with Gasteiger partial charge in [0, 0.05) is 30.0 Å². The molecule has 9 heteroatoms. The van der Waals surface area contributed by atoms with Crippen LogP contribution in [0.2, 0.25) is 0 Å². The van der Waals surface area contributed by atoms with Crippen molar-refractivity contribution in [2.45, 2.75) is 85.8 Å². The van der Waals surface area contributed by atoms with Gasteiger partial charge in [-0.25, -0.2) is 4.79 Å². The quantitative estimate of drug-likeness (QED) is 0.143. The van der Waals surface area contributed by atoms with Crippen molar-refractivity contribution < 1.29 is 37.7 Å². The van der Waals surface area contributed by atoms with Crippen LogP contribution in [0, 0.1) is 0 Å². The van der Waals surface area contributed by atoms with Crippen molar-refractivity contribution in [3.05, 3.63) is 89.2 Å². The molecule has 0 aliphatic carbocycles.